The van der Waals surface area contributed by atoms with Gasteiger partial charge in [-0.15, -0.1) is 0 Å². The molecule has 19 heavy (non-hydrogen) atoms. The predicted octanol–water partition coefficient (Wildman–Crippen LogP) is 0.949. The van der Waals surface area contributed by atoms with Gasteiger partial charge in [0.05, 0.1) is 0 Å². The number of nitrogens with one attached hydrogen (secondary N) is 1. The Hall–Kier alpha value is -1.88. The first kappa shape index (κ1) is 13.5. The van der Waals surface area contributed by atoms with E-state index in [4.69, 9.17) is 5.73 Å². The molecular weight excluding hydrogens is 242 g/mol. The SMILES string of the molecule is CN1C(=O)CC(NCCCC(N)=O)c2ccccc21. The Bertz CT molecular complexity index is 487. The minimum atomic E-state index is -0.290. The van der Waals surface area contributed by atoms with E-state index in [0.717, 1.165) is 11.3 Å². The summed E-state index contributed by atoms with van der Waals surface area (Å²) in [6.45, 7) is 0.679. The summed E-state index contributed by atoms with van der Waals surface area (Å²) in [4.78, 5) is 24.3. The zero-order valence-corrected chi connectivity index (χ0v) is 11.1. The van der Waals surface area contributed by atoms with E-state index in [-0.39, 0.29) is 17.9 Å². The van der Waals surface area contributed by atoms with E-state index in [2.05, 4.69) is 5.32 Å². The van der Waals surface area contributed by atoms with Gasteiger partial charge >= 0.3 is 0 Å². The van der Waals surface area contributed by atoms with Gasteiger partial charge in [-0.1, -0.05) is 18.2 Å². The number of benzene rings is 1. The van der Waals surface area contributed by atoms with Crippen LogP contribution in [0, 0.1) is 0 Å². The van der Waals surface area contributed by atoms with Crippen molar-refractivity contribution in [3.05, 3.63) is 29.8 Å². The smallest absolute Gasteiger partial charge is 0.228 e. The van der Waals surface area contributed by atoms with Crippen molar-refractivity contribution in [2.75, 3.05) is 18.5 Å². The van der Waals surface area contributed by atoms with Gasteiger partial charge in [0.1, 0.15) is 0 Å². The summed E-state index contributed by atoms with van der Waals surface area (Å²) < 4.78 is 0. The minimum Gasteiger partial charge on any atom is -0.370 e. The Morgan fingerprint density at radius 1 is 1.47 bits per heavy atom. The Kier molecular flexibility index (Phi) is 4.16. The average Bonchev–Trinajstić information content (AvgIpc) is 2.40. The molecule has 1 unspecified atom stereocenters. The number of amides is 2. The normalized spacial score (nSPS) is 18.3. The highest BCUT2D eigenvalue weighted by molar-refractivity contribution is 5.96. The first-order valence-corrected chi connectivity index (χ1v) is 6.46. The molecule has 2 amide bonds. The highest BCUT2D eigenvalue weighted by atomic mass is 16.2. The third-order valence-electron chi connectivity index (χ3n) is 3.42. The van der Waals surface area contributed by atoms with Gasteiger partial charge in [0.2, 0.25) is 11.8 Å². The number of carbonyl (C=O) groups excluding carboxylic acids is 2. The Labute approximate surface area is 112 Å². The molecule has 102 valence electrons. The maximum Gasteiger partial charge on any atom is 0.228 e. The number of fused-ring (bicyclic) bond motifs is 1. The van der Waals surface area contributed by atoms with Gasteiger partial charge < -0.3 is 16.0 Å². The number of hydrogen-bond acceptors (Lipinski definition) is 3. The average molecular weight is 261 g/mol. The summed E-state index contributed by atoms with van der Waals surface area (Å²) in [5, 5.41) is 3.33. The van der Waals surface area contributed by atoms with Gasteiger partial charge in [-0.2, -0.15) is 0 Å². The minimum absolute atomic E-state index is 0.0211. The van der Waals surface area contributed by atoms with Gasteiger partial charge in [-0.05, 0) is 24.6 Å². The number of rotatable bonds is 5. The van der Waals surface area contributed by atoms with Gasteiger partial charge in [-0.3, -0.25) is 9.59 Å². The molecule has 0 aromatic heterocycles. The molecule has 1 atom stereocenters. The van der Waals surface area contributed by atoms with Crippen molar-refractivity contribution >= 4 is 17.5 Å². The van der Waals surface area contributed by atoms with Crippen LogP contribution in [0.4, 0.5) is 5.69 Å². The summed E-state index contributed by atoms with van der Waals surface area (Å²) >= 11 is 0. The summed E-state index contributed by atoms with van der Waals surface area (Å²) in [6, 6.07) is 7.90. The van der Waals surface area contributed by atoms with Crippen molar-refractivity contribution in [3.63, 3.8) is 0 Å². The standard InChI is InChI=1S/C14H19N3O2/c1-17-12-6-3-2-5-10(12)11(9-14(17)19)16-8-4-7-13(15)18/h2-3,5-6,11,16H,4,7-9H2,1H3,(H2,15,18). The van der Waals surface area contributed by atoms with Crippen molar-refractivity contribution in [1.82, 2.24) is 5.32 Å². The second-order valence-corrected chi connectivity index (χ2v) is 4.79. The third kappa shape index (κ3) is 3.12. The molecule has 1 aliphatic heterocycles. The molecule has 1 aliphatic rings. The molecule has 0 fully saturated rings. The summed E-state index contributed by atoms with van der Waals surface area (Å²) in [5.41, 5.74) is 7.18. The molecule has 1 heterocycles. The van der Waals surface area contributed by atoms with Gasteiger partial charge in [-0.25, -0.2) is 0 Å². The van der Waals surface area contributed by atoms with Crippen LogP contribution < -0.4 is 16.0 Å². The summed E-state index contributed by atoms with van der Waals surface area (Å²) in [7, 11) is 1.80. The topological polar surface area (TPSA) is 75.4 Å². The first-order chi connectivity index (χ1) is 9.09. The van der Waals surface area contributed by atoms with E-state index < -0.39 is 0 Å². The van der Waals surface area contributed by atoms with Crippen LogP contribution in [0.1, 0.15) is 30.9 Å². The molecule has 1 aromatic carbocycles. The van der Waals surface area contributed by atoms with Crippen LogP contribution in [0.25, 0.3) is 0 Å². The molecule has 1 aromatic rings. The summed E-state index contributed by atoms with van der Waals surface area (Å²) in [6.07, 6.45) is 1.51. The summed E-state index contributed by atoms with van der Waals surface area (Å²) in [5.74, 6) is -0.187. The third-order valence-corrected chi connectivity index (χ3v) is 3.42. The highest BCUT2D eigenvalue weighted by Gasteiger charge is 2.28. The molecule has 5 nitrogen and oxygen atoms in total. The molecule has 0 spiro atoms. The monoisotopic (exact) mass is 261 g/mol. The highest BCUT2D eigenvalue weighted by Crippen LogP contribution is 2.33. The van der Waals surface area contributed by atoms with Gasteiger partial charge in [0.25, 0.3) is 0 Å². The van der Waals surface area contributed by atoms with Crippen LogP contribution in [-0.4, -0.2) is 25.4 Å². The molecule has 0 saturated carbocycles. The van der Waals surface area contributed by atoms with Crippen LogP contribution >= 0.6 is 0 Å². The van der Waals surface area contributed by atoms with Crippen molar-refractivity contribution in [2.45, 2.75) is 25.3 Å². The van der Waals surface area contributed by atoms with Crippen LogP contribution in [0.15, 0.2) is 24.3 Å². The number of para-hydroxylation sites is 1. The second-order valence-electron chi connectivity index (χ2n) is 4.79. The zero-order valence-electron chi connectivity index (χ0n) is 11.1. The van der Waals surface area contributed by atoms with E-state index in [1.165, 1.54) is 0 Å². The maximum atomic E-state index is 11.9. The fraction of sp³-hybridized carbons (Fsp3) is 0.429. The molecule has 0 saturated heterocycles. The fourth-order valence-electron chi connectivity index (χ4n) is 2.36. The lowest BCUT2D eigenvalue weighted by molar-refractivity contribution is -0.119. The van der Waals surface area contributed by atoms with Crippen LogP contribution in [-0.2, 0) is 9.59 Å². The Balaban J connectivity index is 2.03. The van der Waals surface area contributed by atoms with E-state index in [0.29, 0.717) is 25.8 Å². The largest absolute Gasteiger partial charge is 0.370 e. The lowest BCUT2D eigenvalue weighted by atomic mass is 9.96. The second kappa shape index (κ2) is 5.84. The van der Waals surface area contributed by atoms with E-state index in [1.807, 2.05) is 24.3 Å². The lowest BCUT2D eigenvalue weighted by Gasteiger charge is -2.32. The molecule has 5 heteroatoms. The molecule has 0 aliphatic carbocycles. The Morgan fingerprint density at radius 3 is 2.95 bits per heavy atom. The van der Waals surface area contributed by atoms with Crippen LogP contribution in [0.5, 0.6) is 0 Å². The van der Waals surface area contributed by atoms with Crippen molar-refractivity contribution in [3.8, 4) is 0 Å². The van der Waals surface area contributed by atoms with Gasteiger partial charge in [0.15, 0.2) is 0 Å². The van der Waals surface area contributed by atoms with Crippen molar-refractivity contribution in [2.24, 2.45) is 5.73 Å². The Morgan fingerprint density at radius 2 is 2.21 bits per heavy atom. The number of anilines is 1. The van der Waals surface area contributed by atoms with Crippen molar-refractivity contribution in [1.29, 1.82) is 0 Å². The van der Waals surface area contributed by atoms with Crippen molar-refractivity contribution < 1.29 is 9.59 Å². The molecule has 0 bridgehead atoms. The predicted molar refractivity (Wildman–Crippen MR) is 73.6 cm³/mol. The number of carbonyl (C=O) groups is 2. The number of hydrogen-bond donors (Lipinski definition) is 2. The van der Waals surface area contributed by atoms with E-state index in [9.17, 15) is 9.59 Å². The first-order valence-electron chi connectivity index (χ1n) is 6.46. The quantitative estimate of drug-likeness (QED) is 0.775. The van der Waals surface area contributed by atoms with Crippen LogP contribution in [0.3, 0.4) is 0 Å². The molecule has 2 rings (SSSR count). The number of nitrogens with zero attached hydrogens (tertiary/aromatic N) is 1. The van der Waals surface area contributed by atoms with Gasteiger partial charge in [0, 0.05) is 31.6 Å². The number of nitrogens with two attached hydrogens (primary N) is 1. The molecule has 0 radical (unpaired) electrons. The molecule has 3 N–H and O–H groups in total. The van der Waals surface area contributed by atoms with E-state index >= 15 is 0 Å². The fourth-order valence-corrected chi connectivity index (χ4v) is 2.36. The maximum absolute atomic E-state index is 11.9. The molecular formula is C14H19N3O2. The zero-order chi connectivity index (χ0) is 13.8. The lowest BCUT2D eigenvalue weighted by Crippen LogP contribution is -2.38. The van der Waals surface area contributed by atoms with Crippen LogP contribution in [0.2, 0.25) is 0 Å². The van der Waals surface area contributed by atoms with E-state index in [1.54, 1.807) is 11.9 Å². The number of primary amides is 1.